The van der Waals surface area contributed by atoms with Crippen molar-refractivity contribution in [2.45, 2.75) is 38.8 Å². The SMILES string of the molecule is COc1ccccc1N1CC(O)(c2ccc(C)cc2C)[N+]2=C1CCCC2. The molecule has 26 heavy (non-hydrogen) atoms. The zero-order valence-corrected chi connectivity index (χ0v) is 15.8. The minimum atomic E-state index is -1.01. The van der Waals surface area contributed by atoms with Gasteiger partial charge in [-0.05, 0) is 44.4 Å². The first-order chi connectivity index (χ1) is 12.5. The Morgan fingerprint density at radius 2 is 1.92 bits per heavy atom. The number of methoxy groups -OCH3 is 1. The number of amidine groups is 1. The zero-order valence-electron chi connectivity index (χ0n) is 15.8. The molecule has 2 aliphatic heterocycles. The normalized spacial score (nSPS) is 22.5. The highest BCUT2D eigenvalue weighted by Crippen LogP contribution is 2.39. The molecule has 0 fully saturated rings. The molecule has 1 unspecified atom stereocenters. The van der Waals surface area contributed by atoms with Crippen LogP contribution in [0.3, 0.4) is 0 Å². The predicted octanol–water partition coefficient (Wildman–Crippen LogP) is 3.57. The molecule has 0 saturated carbocycles. The lowest BCUT2D eigenvalue weighted by Crippen LogP contribution is -2.42. The van der Waals surface area contributed by atoms with Gasteiger partial charge in [-0.25, -0.2) is 9.48 Å². The second-order valence-corrected chi connectivity index (χ2v) is 7.42. The van der Waals surface area contributed by atoms with Crippen LogP contribution < -0.4 is 9.64 Å². The van der Waals surface area contributed by atoms with Crippen molar-refractivity contribution >= 4 is 11.5 Å². The molecule has 0 radical (unpaired) electrons. The summed E-state index contributed by atoms with van der Waals surface area (Å²) in [6.07, 6.45) is 3.24. The van der Waals surface area contributed by atoms with Crippen LogP contribution in [0.1, 0.15) is 36.0 Å². The van der Waals surface area contributed by atoms with Gasteiger partial charge in [-0.15, -0.1) is 0 Å². The summed E-state index contributed by atoms with van der Waals surface area (Å²) in [5.41, 5.74) is 3.38. The lowest BCUT2D eigenvalue weighted by atomic mass is 9.95. The van der Waals surface area contributed by atoms with Crippen LogP contribution in [0.2, 0.25) is 0 Å². The maximum absolute atomic E-state index is 11.8. The van der Waals surface area contributed by atoms with Crippen LogP contribution in [-0.4, -0.2) is 35.7 Å². The fourth-order valence-corrected chi connectivity index (χ4v) is 4.46. The number of ether oxygens (including phenoxy) is 1. The highest BCUT2D eigenvalue weighted by atomic mass is 16.5. The van der Waals surface area contributed by atoms with Crippen LogP contribution >= 0.6 is 0 Å². The van der Waals surface area contributed by atoms with Crippen LogP contribution in [-0.2, 0) is 5.72 Å². The molecule has 2 aliphatic rings. The molecular formula is C22H27N2O2+. The second-order valence-electron chi connectivity index (χ2n) is 7.42. The number of aliphatic hydroxyl groups is 1. The number of benzene rings is 2. The Bertz CT molecular complexity index is 874. The zero-order chi connectivity index (χ0) is 18.3. The summed E-state index contributed by atoms with van der Waals surface area (Å²) < 4.78 is 7.80. The quantitative estimate of drug-likeness (QED) is 0.859. The van der Waals surface area contributed by atoms with Crippen molar-refractivity contribution in [3.8, 4) is 5.75 Å². The van der Waals surface area contributed by atoms with Crippen LogP contribution in [0, 0.1) is 13.8 Å². The Labute approximate surface area is 155 Å². The monoisotopic (exact) mass is 351 g/mol. The summed E-state index contributed by atoms with van der Waals surface area (Å²) in [4.78, 5) is 2.25. The lowest BCUT2D eigenvalue weighted by Gasteiger charge is -2.26. The number of hydrogen-bond donors (Lipinski definition) is 1. The number of hydrogen-bond acceptors (Lipinski definition) is 3. The molecule has 0 aliphatic carbocycles. The molecule has 136 valence electrons. The predicted molar refractivity (Wildman–Crippen MR) is 104 cm³/mol. The molecule has 0 bridgehead atoms. The fraction of sp³-hybridized carbons (Fsp3) is 0.409. The highest BCUT2D eigenvalue weighted by Gasteiger charge is 2.53. The second kappa shape index (κ2) is 6.44. The maximum atomic E-state index is 11.8. The van der Waals surface area contributed by atoms with E-state index >= 15 is 0 Å². The third kappa shape index (κ3) is 2.60. The first kappa shape index (κ1) is 17.1. The van der Waals surface area contributed by atoms with Gasteiger partial charge in [0, 0.05) is 12.0 Å². The number of aryl methyl sites for hydroxylation is 2. The van der Waals surface area contributed by atoms with Crippen molar-refractivity contribution in [2.75, 3.05) is 25.1 Å². The van der Waals surface area contributed by atoms with Gasteiger partial charge in [-0.2, -0.15) is 0 Å². The Hall–Kier alpha value is -2.33. The van der Waals surface area contributed by atoms with E-state index in [0.717, 1.165) is 48.4 Å². The van der Waals surface area contributed by atoms with Crippen molar-refractivity contribution in [3.63, 3.8) is 0 Å². The van der Waals surface area contributed by atoms with Gasteiger partial charge in [0.1, 0.15) is 0 Å². The standard InChI is InChI=1S/C22H27N2O2/c1-16-11-12-18(17(2)14-16)22(25)15-23(21-10-6-7-13-24(21)22)19-8-4-5-9-20(19)26-3/h4-5,8-9,11-12,14,25H,6-7,10,13,15H2,1-3H3/q+1. The largest absolute Gasteiger partial charge is 0.492 e. The van der Waals surface area contributed by atoms with E-state index in [1.807, 2.05) is 18.2 Å². The molecule has 4 rings (SSSR count). The van der Waals surface area contributed by atoms with Gasteiger partial charge in [-0.3, -0.25) is 0 Å². The van der Waals surface area contributed by atoms with Crippen molar-refractivity contribution < 1.29 is 14.4 Å². The summed E-state index contributed by atoms with van der Waals surface area (Å²) in [7, 11) is 1.70. The van der Waals surface area contributed by atoms with Crippen molar-refractivity contribution in [2.24, 2.45) is 0 Å². The average Bonchev–Trinajstić information content (AvgIpc) is 2.95. The Morgan fingerprint density at radius 1 is 1.12 bits per heavy atom. The average molecular weight is 351 g/mol. The fourth-order valence-electron chi connectivity index (χ4n) is 4.46. The van der Waals surface area contributed by atoms with Crippen molar-refractivity contribution in [1.82, 2.24) is 0 Å². The molecule has 2 aromatic rings. The first-order valence-electron chi connectivity index (χ1n) is 9.39. The van der Waals surface area contributed by atoms with E-state index in [-0.39, 0.29) is 0 Å². The third-order valence-electron chi connectivity index (χ3n) is 5.67. The highest BCUT2D eigenvalue weighted by molar-refractivity contribution is 5.97. The molecule has 0 aromatic heterocycles. The Balaban J connectivity index is 1.85. The summed E-state index contributed by atoms with van der Waals surface area (Å²) in [6.45, 7) is 5.59. The summed E-state index contributed by atoms with van der Waals surface area (Å²) in [5, 5.41) is 11.8. The van der Waals surface area contributed by atoms with Crippen LogP contribution in [0.4, 0.5) is 5.69 Å². The number of β-amino-alcohol motifs (C(OH)–C–C–N with tert-alkyl or cyclic N) is 1. The van der Waals surface area contributed by atoms with Gasteiger partial charge >= 0.3 is 0 Å². The number of nitrogens with zero attached hydrogens (tertiary/aromatic N) is 2. The summed E-state index contributed by atoms with van der Waals surface area (Å²) >= 11 is 0. The van der Waals surface area contributed by atoms with E-state index in [0.29, 0.717) is 6.54 Å². The summed E-state index contributed by atoms with van der Waals surface area (Å²) in [6, 6.07) is 14.4. The maximum Gasteiger partial charge on any atom is 0.271 e. The molecule has 2 heterocycles. The van der Waals surface area contributed by atoms with Gasteiger partial charge in [0.25, 0.3) is 11.6 Å². The van der Waals surface area contributed by atoms with E-state index in [1.54, 1.807) is 7.11 Å². The van der Waals surface area contributed by atoms with E-state index < -0.39 is 5.72 Å². The van der Waals surface area contributed by atoms with Gasteiger partial charge in [-0.1, -0.05) is 35.9 Å². The van der Waals surface area contributed by atoms with Crippen molar-refractivity contribution in [3.05, 3.63) is 59.2 Å². The molecule has 0 saturated heterocycles. The minimum Gasteiger partial charge on any atom is -0.492 e. The molecule has 1 N–H and O–H groups in total. The number of rotatable bonds is 3. The molecule has 4 nitrogen and oxygen atoms in total. The smallest absolute Gasteiger partial charge is 0.271 e. The van der Waals surface area contributed by atoms with E-state index in [9.17, 15) is 5.11 Å². The Morgan fingerprint density at radius 3 is 2.69 bits per heavy atom. The van der Waals surface area contributed by atoms with Gasteiger partial charge in [0.2, 0.25) is 0 Å². The van der Waals surface area contributed by atoms with Crippen LogP contribution in [0.15, 0.2) is 42.5 Å². The number of para-hydroxylation sites is 2. The molecular weight excluding hydrogens is 324 g/mol. The Kier molecular flexibility index (Phi) is 4.23. The minimum absolute atomic E-state index is 0.520. The molecule has 0 amide bonds. The third-order valence-corrected chi connectivity index (χ3v) is 5.67. The van der Waals surface area contributed by atoms with Crippen LogP contribution in [0.5, 0.6) is 5.75 Å². The van der Waals surface area contributed by atoms with Crippen molar-refractivity contribution in [1.29, 1.82) is 0 Å². The number of anilines is 1. The topological polar surface area (TPSA) is 35.7 Å². The van der Waals surface area contributed by atoms with E-state index in [4.69, 9.17) is 4.74 Å². The van der Waals surface area contributed by atoms with Gasteiger partial charge in [0.05, 0.1) is 13.7 Å². The molecule has 0 spiro atoms. The van der Waals surface area contributed by atoms with Gasteiger partial charge < -0.3 is 9.84 Å². The first-order valence-corrected chi connectivity index (χ1v) is 9.39. The van der Waals surface area contributed by atoms with E-state index in [2.05, 4.69) is 47.6 Å². The summed E-state index contributed by atoms with van der Waals surface area (Å²) in [5.74, 6) is 2.04. The molecule has 1 atom stereocenters. The lowest BCUT2D eigenvalue weighted by molar-refractivity contribution is -0.661. The molecule has 2 aromatic carbocycles. The molecule has 4 heteroatoms. The van der Waals surface area contributed by atoms with E-state index in [1.165, 1.54) is 11.4 Å². The van der Waals surface area contributed by atoms with Gasteiger partial charge in [0.15, 0.2) is 18.0 Å². The van der Waals surface area contributed by atoms with Crippen LogP contribution in [0.25, 0.3) is 0 Å².